The Balaban J connectivity index is 2.24. The maximum atomic E-state index is 13.0. The molecule has 0 saturated carbocycles. The van der Waals surface area contributed by atoms with Crippen LogP contribution in [-0.2, 0) is 11.8 Å². The molecule has 0 fully saturated rings. The molecule has 178 valence electrons. The van der Waals surface area contributed by atoms with Crippen LogP contribution in [0.5, 0.6) is 5.75 Å². The van der Waals surface area contributed by atoms with Gasteiger partial charge in [0.2, 0.25) is 11.7 Å². The third-order valence-corrected chi connectivity index (χ3v) is 5.75. The van der Waals surface area contributed by atoms with Crippen molar-refractivity contribution in [3.05, 3.63) is 86.3 Å². The lowest BCUT2D eigenvalue weighted by molar-refractivity contribution is 0.0514. The van der Waals surface area contributed by atoms with Gasteiger partial charge in [-0.2, -0.15) is 0 Å². The summed E-state index contributed by atoms with van der Waals surface area (Å²) in [5.74, 6) is -0.851. The van der Waals surface area contributed by atoms with Gasteiger partial charge in [-0.05, 0) is 31.0 Å². The first kappa shape index (κ1) is 25.0. The molecule has 0 saturated heterocycles. The van der Waals surface area contributed by atoms with Crippen molar-refractivity contribution >= 4 is 29.3 Å². The van der Waals surface area contributed by atoms with Crippen molar-refractivity contribution in [3.63, 3.8) is 0 Å². The van der Waals surface area contributed by atoms with E-state index >= 15 is 0 Å². The fourth-order valence-electron chi connectivity index (χ4n) is 3.74. The summed E-state index contributed by atoms with van der Waals surface area (Å²) in [6.07, 6.45) is 0. The fourth-order valence-corrected chi connectivity index (χ4v) is 4.02. The smallest absolute Gasteiger partial charge is 0.361 e. The minimum Gasteiger partial charge on any atom is -0.489 e. The lowest BCUT2D eigenvalue weighted by Gasteiger charge is -2.32. The largest absolute Gasteiger partial charge is 0.489 e. The monoisotopic (exact) mass is 483 g/mol. The lowest BCUT2D eigenvalue weighted by atomic mass is 9.96. The molecule has 1 heterocycles. The molecule has 34 heavy (non-hydrogen) atoms. The van der Waals surface area contributed by atoms with Gasteiger partial charge in [0, 0.05) is 24.7 Å². The van der Waals surface area contributed by atoms with Crippen LogP contribution in [0.1, 0.15) is 51.9 Å². The Hall–Kier alpha value is -3.65. The summed E-state index contributed by atoms with van der Waals surface area (Å²) in [7, 11) is 4.59. The number of rotatable bonds is 8. The Bertz CT molecular complexity index is 1270. The molecule has 8 nitrogen and oxygen atoms in total. The fraction of sp³-hybridized carbons (Fsp3) is 0.280. The number of nitrogens with zero attached hydrogens (tertiary/aromatic N) is 3. The highest BCUT2D eigenvalue weighted by Crippen LogP contribution is 2.35. The summed E-state index contributed by atoms with van der Waals surface area (Å²) in [4.78, 5) is 43.6. The van der Waals surface area contributed by atoms with E-state index in [0.29, 0.717) is 16.1 Å². The Morgan fingerprint density at radius 3 is 2.41 bits per heavy atom. The molecule has 0 spiro atoms. The Morgan fingerprint density at radius 2 is 1.85 bits per heavy atom. The van der Waals surface area contributed by atoms with Crippen LogP contribution < -0.4 is 15.2 Å². The molecule has 0 radical (unpaired) electrons. The highest BCUT2D eigenvalue weighted by Gasteiger charge is 2.29. The summed E-state index contributed by atoms with van der Waals surface area (Å²) in [6.45, 7) is 3.26. The summed E-state index contributed by atoms with van der Waals surface area (Å²) in [6, 6.07) is 14.1. The van der Waals surface area contributed by atoms with Crippen LogP contribution in [0, 0.1) is 0 Å². The maximum Gasteiger partial charge on any atom is 0.361 e. The molecule has 3 aromatic rings. The van der Waals surface area contributed by atoms with Crippen LogP contribution in [0.4, 0.5) is 5.95 Å². The molecular weight excluding hydrogens is 458 g/mol. The van der Waals surface area contributed by atoms with E-state index in [0.717, 1.165) is 5.56 Å². The van der Waals surface area contributed by atoms with Gasteiger partial charge in [0.15, 0.2) is 11.5 Å². The van der Waals surface area contributed by atoms with Gasteiger partial charge in [-0.25, -0.2) is 9.78 Å². The number of ether oxygens (including phenoxy) is 2. The van der Waals surface area contributed by atoms with Crippen LogP contribution in [-0.4, -0.2) is 42.1 Å². The number of hydrogen-bond donors (Lipinski definition) is 0. The van der Waals surface area contributed by atoms with Gasteiger partial charge in [-0.3, -0.25) is 14.2 Å². The van der Waals surface area contributed by atoms with Gasteiger partial charge in [-0.15, -0.1) is 0 Å². The predicted octanol–water partition coefficient (Wildman–Crippen LogP) is 4.05. The number of methoxy groups -OCH3 is 1. The second-order valence-corrected chi connectivity index (χ2v) is 8.00. The number of ketones is 1. The van der Waals surface area contributed by atoms with E-state index in [1.54, 1.807) is 44.1 Å². The Labute approximate surface area is 202 Å². The van der Waals surface area contributed by atoms with Crippen molar-refractivity contribution in [3.8, 4) is 5.75 Å². The Morgan fingerprint density at radius 1 is 1.18 bits per heavy atom. The topological polar surface area (TPSA) is 90.7 Å². The van der Waals surface area contributed by atoms with E-state index in [2.05, 4.69) is 4.98 Å². The molecule has 3 rings (SSSR count). The first-order valence-corrected chi connectivity index (χ1v) is 11.0. The van der Waals surface area contributed by atoms with Crippen molar-refractivity contribution in [2.45, 2.75) is 19.9 Å². The zero-order valence-corrected chi connectivity index (χ0v) is 20.4. The highest BCUT2D eigenvalue weighted by atomic mass is 35.5. The molecular formula is C25H26ClN3O5. The molecule has 0 aliphatic rings. The van der Waals surface area contributed by atoms with Gasteiger partial charge in [0.25, 0.3) is 5.56 Å². The summed E-state index contributed by atoms with van der Waals surface area (Å²) >= 11 is 6.63. The number of Topliss-reactive ketones (excluding diaryl/α,β-unsaturated/α-hetero) is 1. The molecule has 0 N–H and O–H groups in total. The van der Waals surface area contributed by atoms with Gasteiger partial charge < -0.3 is 14.4 Å². The molecule has 1 aromatic heterocycles. The van der Waals surface area contributed by atoms with E-state index in [9.17, 15) is 14.4 Å². The number of carbonyl (C=O) groups is 2. The summed E-state index contributed by atoms with van der Waals surface area (Å²) in [5.41, 5.74) is 1.31. The minimum atomic E-state index is -0.758. The van der Waals surface area contributed by atoms with Crippen LogP contribution in [0.15, 0.2) is 53.3 Å². The van der Waals surface area contributed by atoms with Gasteiger partial charge in [0.1, 0.15) is 0 Å². The van der Waals surface area contributed by atoms with E-state index < -0.39 is 17.6 Å². The SMILES string of the molecule is CCOC(=O)c1nc(N(C)C(c2ccccc2)c2ccc(C(C)=O)cc2Cl)n(C)c(=O)c1OC. The predicted molar refractivity (Wildman–Crippen MR) is 130 cm³/mol. The van der Waals surface area contributed by atoms with Crippen molar-refractivity contribution in [1.82, 2.24) is 9.55 Å². The molecule has 0 amide bonds. The zero-order chi connectivity index (χ0) is 25.0. The van der Waals surface area contributed by atoms with Gasteiger partial charge in [-0.1, -0.05) is 54.1 Å². The number of aromatic nitrogens is 2. The first-order valence-electron chi connectivity index (χ1n) is 10.6. The third kappa shape index (κ3) is 4.82. The normalized spacial score (nSPS) is 11.6. The number of benzene rings is 2. The minimum absolute atomic E-state index is 0.101. The second-order valence-electron chi connectivity index (χ2n) is 7.59. The maximum absolute atomic E-state index is 13.0. The number of halogens is 1. The van der Waals surface area contributed by atoms with Crippen molar-refractivity contribution in [1.29, 1.82) is 0 Å². The van der Waals surface area contributed by atoms with Crippen molar-refractivity contribution in [2.75, 3.05) is 25.7 Å². The van der Waals surface area contributed by atoms with Gasteiger partial charge >= 0.3 is 5.97 Å². The number of esters is 1. The Kier molecular flexibility index (Phi) is 7.73. The average Bonchev–Trinajstić information content (AvgIpc) is 2.82. The summed E-state index contributed by atoms with van der Waals surface area (Å²) in [5, 5.41) is 0.387. The van der Waals surface area contributed by atoms with Crippen LogP contribution in [0.25, 0.3) is 0 Å². The number of anilines is 1. The molecule has 1 unspecified atom stereocenters. The quantitative estimate of drug-likeness (QED) is 0.352. The van der Waals surface area contributed by atoms with E-state index in [4.69, 9.17) is 21.1 Å². The number of carbonyl (C=O) groups excluding carboxylic acids is 2. The van der Waals surface area contributed by atoms with Crippen LogP contribution >= 0.6 is 11.6 Å². The van der Waals surface area contributed by atoms with Crippen LogP contribution in [0.3, 0.4) is 0 Å². The number of hydrogen-bond acceptors (Lipinski definition) is 7. The molecule has 9 heteroatoms. The van der Waals surface area contributed by atoms with Crippen molar-refractivity contribution < 1.29 is 19.1 Å². The summed E-state index contributed by atoms with van der Waals surface area (Å²) < 4.78 is 11.6. The van der Waals surface area contributed by atoms with Gasteiger partial charge in [0.05, 0.1) is 19.8 Å². The molecule has 0 bridgehead atoms. The molecule has 2 aromatic carbocycles. The van der Waals surface area contributed by atoms with E-state index in [1.807, 2.05) is 30.3 Å². The average molecular weight is 484 g/mol. The van der Waals surface area contributed by atoms with E-state index in [1.165, 1.54) is 18.6 Å². The standard InChI is InChI=1S/C25H26ClN3O5/c1-6-34-24(32)20-22(33-5)23(31)29(4)25(27-20)28(3)21(16-10-8-7-9-11-16)18-13-12-17(15(2)30)14-19(18)26/h7-14,21H,6H2,1-5H3. The highest BCUT2D eigenvalue weighted by molar-refractivity contribution is 6.31. The van der Waals surface area contributed by atoms with Crippen molar-refractivity contribution in [2.24, 2.45) is 7.05 Å². The third-order valence-electron chi connectivity index (χ3n) is 5.42. The van der Waals surface area contributed by atoms with Crippen LogP contribution in [0.2, 0.25) is 5.02 Å². The lowest BCUT2D eigenvalue weighted by Crippen LogP contribution is -2.34. The molecule has 0 aliphatic carbocycles. The first-order chi connectivity index (χ1) is 16.2. The zero-order valence-electron chi connectivity index (χ0n) is 19.7. The molecule has 0 aliphatic heterocycles. The molecule has 1 atom stereocenters. The van der Waals surface area contributed by atoms with E-state index in [-0.39, 0.29) is 29.8 Å². The second kappa shape index (κ2) is 10.5.